The van der Waals surface area contributed by atoms with E-state index in [1.54, 1.807) is 55.4 Å². The third-order valence-electron chi connectivity index (χ3n) is 18.5. The van der Waals surface area contributed by atoms with Crippen LogP contribution in [0.1, 0.15) is 175 Å². The van der Waals surface area contributed by atoms with E-state index in [0.717, 1.165) is 53.1 Å². The molecule has 0 aliphatic carbocycles. The molecule has 11 amide bonds. The average Bonchev–Trinajstić information content (AvgIpc) is 0.808. The summed E-state index contributed by atoms with van der Waals surface area (Å²) in [5, 5.41) is 23.5. The molecular weight excluding hydrogens is 1490 g/mol. The number of nitrogens with zero attached hydrogens (tertiary/aromatic N) is 8. The SMILES string of the molecule is [CH2-][C@@H]1C(=O)N(C)[C@@H](C[C-](C)C)C(=O)N[C@@H](C(C)C)C(=O)N(C)[C@@H](CC(C)C)C(=O)N[C@@H](C)C(=O)N[C@H](C)C(=O)N(C)[C@@H](CC(C)C)C(=O)N(C)[C@@H](CC(C)C)C(=O)N(C)[C@@H](C(C)C)C(=O)N(C)[C@@H]([C@H](O)[C@H](C)CCCOCCN2CCCCC2)C(=O)N[C@@H](CC)C(=O)N1C.[CH3-].[W+2].[Y]. The third kappa shape index (κ3) is 28.0. The summed E-state index contributed by atoms with van der Waals surface area (Å²) in [6.45, 7) is 35.8. The van der Waals surface area contributed by atoms with Crippen LogP contribution in [-0.4, -0.2) is 264 Å². The summed E-state index contributed by atoms with van der Waals surface area (Å²) in [4.78, 5) is 173. The zero-order chi connectivity index (χ0) is 72.1. The largest absolute Gasteiger partial charge is 2.00 e. The summed E-state index contributed by atoms with van der Waals surface area (Å²) in [5.74, 6) is -9.24. The molecule has 0 saturated carbocycles. The van der Waals surface area contributed by atoms with Gasteiger partial charge in [-0.15, -0.1) is 6.42 Å². The van der Waals surface area contributed by atoms with Crippen molar-refractivity contribution in [1.82, 2.24) is 60.5 Å². The van der Waals surface area contributed by atoms with Crippen LogP contribution in [0.3, 0.4) is 0 Å². The van der Waals surface area contributed by atoms with Crippen LogP contribution in [0.25, 0.3) is 0 Å². The molecular formula is C70H127N12O13WY-. The molecule has 0 unspecified atom stereocenters. The summed E-state index contributed by atoms with van der Waals surface area (Å²) in [6.07, 6.45) is 3.32. The van der Waals surface area contributed by atoms with Crippen LogP contribution in [0, 0.1) is 55.8 Å². The maximum Gasteiger partial charge on any atom is 2.00 e. The third-order valence-corrected chi connectivity index (χ3v) is 18.5. The van der Waals surface area contributed by atoms with Crippen molar-refractivity contribution in [2.24, 2.45) is 35.5 Å². The molecule has 0 aromatic heterocycles. The zero-order valence-corrected chi connectivity index (χ0v) is 69.4. The first-order chi connectivity index (χ1) is 43.7. The van der Waals surface area contributed by atoms with Crippen LogP contribution in [-0.2, 0) is 111 Å². The fourth-order valence-corrected chi connectivity index (χ4v) is 12.4. The smallest absolute Gasteiger partial charge is 0.390 e. The zero-order valence-electron chi connectivity index (χ0n) is 63.6. The summed E-state index contributed by atoms with van der Waals surface area (Å²) >= 11 is 0. The molecule has 97 heavy (non-hydrogen) atoms. The Bertz CT molecular complexity index is 2520. The summed E-state index contributed by atoms with van der Waals surface area (Å²) in [7, 11) is 9.86. The number of ether oxygens (including phenoxy) is 1. The van der Waals surface area contributed by atoms with E-state index in [9.17, 15) is 38.7 Å². The van der Waals surface area contributed by atoms with Crippen LogP contribution in [0.4, 0.5) is 0 Å². The van der Waals surface area contributed by atoms with Gasteiger partial charge >= 0.3 is 21.1 Å². The fraction of sp³-hybridized carbons (Fsp3) is 0.800. The van der Waals surface area contributed by atoms with Gasteiger partial charge in [0, 0.05) is 95.2 Å². The maximum atomic E-state index is 15.4. The van der Waals surface area contributed by atoms with E-state index in [4.69, 9.17) is 4.74 Å². The fourth-order valence-electron chi connectivity index (χ4n) is 12.4. The van der Waals surface area contributed by atoms with Gasteiger partial charge in [-0.1, -0.05) is 89.5 Å². The molecule has 5 N–H and O–H groups in total. The minimum Gasteiger partial charge on any atom is -0.390 e. The van der Waals surface area contributed by atoms with Gasteiger partial charge in [0.15, 0.2) is 0 Å². The second-order valence-electron chi connectivity index (χ2n) is 28.9. The first kappa shape index (κ1) is 94.9. The van der Waals surface area contributed by atoms with Gasteiger partial charge < -0.3 is 90.6 Å². The number of aliphatic hydroxyl groups excluding tert-OH is 1. The van der Waals surface area contributed by atoms with Crippen LogP contribution < -0.4 is 21.3 Å². The van der Waals surface area contributed by atoms with E-state index in [0.29, 0.717) is 26.1 Å². The van der Waals surface area contributed by atoms with Crippen molar-refractivity contribution in [3.63, 3.8) is 0 Å². The van der Waals surface area contributed by atoms with Gasteiger partial charge in [0.1, 0.15) is 54.4 Å². The Labute approximate surface area is 623 Å². The molecule has 2 fully saturated rings. The van der Waals surface area contributed by atoms with Crippen LogP contribution in [0.2, 0.25) is 0 Å². The number of hydrogen-bond donors (Lipinski definition) is 5. The van der Waals surface area contributed by atoms with E-state index in [2.05, 4.69) is 33.1 Å². The quantitative estimate of drug-likeness (QED) is 0.0844. The van der Waals surface area contributed by atoms with Crippen molar-refractivity contribution in [1.29, 1.82) is 0 Å². The average molecular weight is 1620 g/mol. The summed E-state index contributed by atoms with van der Waals surface area (Å²) < 4.78 is 6.01. The van der Waals surface area contributed by atoms with Gasteiger partial charge in [-0.05, 0) is 120 Å². The number of carbonyl (C=O) groups is 11. The van der Waals surface area contributed by atoms with Gasteiger partial charge in [0.25, 0.3) is 0 Å². The van der Waals surface area contributed by atoms with Crippen LogP contribution in [0.15, 0.2) is 0 Å². The van der Waals surface area contributed by atoms with Gasteiger partial charge in [0.05, 0.1) is 18.8 Å². The number of nitrogens with one attached hydrogen (secondary N) is 4. The molecule has 2 saturated heterocycles. The Hall–Kier alpha value is -4.16. The monoisotopic (exact) mass is 1620 g/mol. The van der Waals surface area contributed by atoms with Gasteiger partial charge in [0.2, 0.25) is 65.0 Å². The van der Waals surface area contributed by atoms with Gasteiger partial charge in [-0.3, -0.25) is 52.7 Å². The molecule has 555 valence electrons. The minimum atomic E-state index is -1.65. The van der Waals surface area contributed by atoms with E-state index in [-0.39, 0.29) is 111 Å². The summed E-state index contributed by atoms with van der Waals surface area (Å²) in [5.41, 5.74) is 0. The van der Waals surface area contributed by atoms with E-state index >= 15 is 19.2 Å². The molecule has 0 aromatic carbocycles. The molecule has 0 spiro atoms. The second kappa shape index (κ2) is 45.0. The number of hydrogen-bond acceptors (Lipinski definition) is 14. The summed E-state index contributed by atoms with van der Waals surface area (Å²) in [6, 6.07) is -14.1. The minimum absolute atomic E-state index is 0. The number of piperidine rings is 1. The molecule has 27 heteroatoms. The molecule has 2 heterocycles. The molecule has 0 aromatic rings. The number of likely N-dealkylation sites (N-methyl/N-ethyl adjacent to an activating group) is 7. The van der Waals surface area contributed by atoms with E-state index < -0.39 is 155 Å². The molecule has 2 aliphatic heterocycles. The van der Waals surface area contributed by atoms with Gasteiger partial charge in [-0.2, -0.15) is 13.8 Å². The predicted molar refractivity (Wildman–Crippen MR) is 370 cm³/mol. The Balaban J connectivity index is 0. The van der Waals surface area contributed by atoms with Crippen LogP contribution >= 0.6 is 0 Å². The number of aliphatic hydroxyl groups is 1. The van der Waals surface area contributed by atoms with Crippen molar-refractivity contribution >= 4 is 65.0 Å². The molecule has 0 bridgehead atoms. The Morgan fingerprint density at radius 3 is 1.45 bits per heavy atom. The first-order valence-corrected chi connectivity index (χ1v) is 34.3. The molecule has 2 rings (SSSR count). The van der Waals surface area contributed by atoms with Crippen molar-refractivity contribution in [2.75, 3.05) is 82.2 Å². The Morgan fingerprint density at radius 2 is 0.969 bits per heavy atom. The first-order valence-electron chi connectivity index (χ1n) is 34.3. The van der Waals surface area contributed by atoms with Crippen molar-refractivity contribution in [2.45, 2.75) is 248 Å². The van der Waals surface area contributed by atoms with E-state index in [1.807, 2.05) is 41.5 Å². The standard InChI is InChI=1S/C69H124N12O13.CH3.W.Y/c1-25-50-65(89)74(18)49(17)64(88)75(19)52(37-41(4)5)61(85)73-55(44(10)11)68(92)76(20)51(36-40(2)3)60(84)70-47(15)59(83)71-48(16)63(87)77(21)53(38-42(6)7)66(90)78(22)54(39-43(8)9)67(91)79(23)56(45(12)13)69(93)80(24)57(62(86)72-50)58(82)46(14)30-29-34-94-35-33-81-31-27-26-28-32-81;;;/h40,42-58,82H,17,25-39H2,1-16,18-24H3,(H,70,84)(H,71,83)(H,72,86)(H,73,85);1H3;;/q-2;-1;+2;/t46-,47+,48-,49-,50+,51+,52+,53+,54+,55+,56+,57+,58-;;;/m1.../s1. The number of carbonyl (C=O) groups excluding carboxylic acids is 11. The topological polar surface area (TPSA) is 291 Å². The molecule has 1 radical (unpaired) electrons. The maximum absolute atomic E-state index is 15.4. The van der Waals surface area contributed by atoms with Crippen molar-refractivity contribution in [3.8, 4) is 0 Å². The number of rotatable bonds is 20. The normalized spacial score (nSPS) is 26.5. The Morgan fingerprint density at radius 1 is 0.515 bits per heavy atom. The molecule has 25 nitrogen and oxygen atoms in total. The number of likely N-dealkylation sites (tertiary alicyclic amines) is 1. The predicted octanol–water partition coefficient (Wildman–Crippen LogP) is 4.19. The molecule has 13 atom stereocenters. The second-order valence-corrected chi connectivity index (χ2v) is 28.9. The van der Waals surface area contributed by atoms with Crippen molar-refractivity contribution in [3.05, 3.63) is 20.3 Å². The van der Waals surface area contributed by atoms with Crippen molar-refractivity contribution < 1.29 is 116 Å². The molecule has 2 aliphatic rings. The number of amides is 11. The van der Waals surface area contributed by atoms with Crippen LogP contribution in [0.5, 0.6) is 0 Å². The van der Waals surface area contributed by atoms with Gasteiger partial charge in [-0.25, -0.2) is 0 Å². The van der Waals surface area contributed by atoms with E-state index in [1.165, 1.54) is 89.2 Å². The Kier molecular flexibility index (Phi) is 44.0.